The van der Waals surface area contributed by atoms with Gasteiger partial charge in [-0.15, -0.1) is 0 Å². The smallest absolute Gasteiger partial charge is 0.255 e. The largest absolute Gasteiger partial charge is 0.493 e. The number of methoxy groups -OCH3 is 1. The van der Waals surface area contributed by atoms with Gasteiger partial charge in [0.1, 0.15) is 18.1 Å². The molecule has 160 valence electrons. The van der Waals surface area contributed by atoms with Crippen molar-refractivity contribution in [3.63, 3.8) is 0 Å². The summed E-state index contributed by atoms with van der Waals surface area (Å²) in [4.78, 5) is 15.0. The maximum Gasteiger partial charge on any atom is 0.255 e. The molecule has 31 heavy (non-hydrogen) atoms. The lowest BCUT2D eigenvalue weighted by Gasteiger charge is -2.22. The monoisotopic (exact) mass is 420 g/mol. The number of benzene rings is 3. The fraction of sp³-hybridized carbons (Fsp3) is 0.240. The van der Waals surface area contributed by atoms with Crippen LogP contribution in [0.15, 0.2) is 66.7 Å². The molecule has 1 N–H and O–H groups in total. The summed E-state index contributed by atoms with van der Waals surface area (Å²) in [6.07, 6.45) is 2.12. The second-order valence-corrected chi connectivity index (χ2v) is 7.42. The summed E-state index contributed by atoms with van der Waals surface area (Å²) in [7, 11) is 1.52. The van der Waals surface area contributed by atoms with Crippen LogP contribution in [0.4, 0.5) is 15.8 Å². The van der Waals surface area contributed by atoms with E-state index in [9.17, 15) is 9.18 Å². The van der Waals surface area contributed by atoms with Crippen molar-refractivity contribution in [1.29, 1.82) is 0 Å². The molecule has 0 spiro atoms. The minimum absolute atomic E-state index is 0.206. The number of halogens is 1. The van der Waals surface area contributed by atoms with E-state index in [1.54, 1.807) is 24.3 Å². The number of nitrogens with zero attached hydrogens (tertiary/aromatic N) is 1. The zero-order chi connectivity index (χ0) is 21.6. The molecule has 0 atom stereocenters. The number of hydrogen-bond acceptors (Lipinski definition) is 4. The molecule has 0 radical (unpaired) electrons. The van der Waals surface area contributed by atoms with E-state index in [-0.39, 0.29) is 5.69 Å². The van der Waals surface area contributed by atoms with Crippen LogP contribution in [0.1, 0.15) is 28.8 Å². The molecular formula is C25H25FN2O3. The van der Waals surface area contributed by atoms with Crippen molar-refractivity contribution >= 4 is 17.3 Å². The Bertz CT molecular complexity index is 1050. The van der Waals surface area contributed by atoms with Crippen LogP contribution in [0.2, 0.25) is 0 Å². The number of ether oxygens (including phenoxy) is 2. The van der Waals surface area contributed by atoms with E-state index in [1.807, 2.05) is 36.4 Å². The Balaban J connectivity index is 1.52. The molecule has 0 saturated carbocycles. The first-order valence-corrected chi connectivity index (χ1v) is 10.4. The van der Waals surface area contributed by atoms with Crippen molar-refractivity contribution in [2.75, 3.05) is 30.4 Å². The maximum absolute atomic E-state index is 14.6. The number of amides is 1. The van der Waals surface area contributed by atoms with Crippen LogP contribution in [-0.2, 0) is 6.61 Å². The summed E-state index contributed by atoms with van der Waals surface area (Å²) in [5.74, 6) is 0.120. The number of carbonyl (C=O) groups excluding carboxylic acids is 1. The van der Waals surface area contributed by atoms with Crippen molar-refractivity contribution < 1.29 is 18.7 Å². The van der Waals surface area contributed by atoms with Gasteiger partial charge >= 0.3 is 0 Å². The third-order valence-electron chi connectivity index (χ3n) is 5.34. The van der Waals surface area contributed by atoms with Crippen LogP contribution in [0, 0.1) is 5.82 Å². The van der Waals surface area contributed by atoms with Gasteiger partial charge in [0.25, 0.3) is 5.91 Å². The maximum atomic E-state index is 14.6. The Kier molecular flexibility index (Phi) is 6.36. The number of hydrogen-bond donors (Lipinski definition) is 1. The van der Waals surface area contributed by atoms with Gasteiger partial charge < -0.3 is 19.7 Å². The summed E-state index contributed by atoms with van der Waals surface area (Å²) in [5, 5.41) is 2.75. The highest BCUT2D eigenvalue weighted by Gasteiger charge is 2.20. The van der Waals surface area contributed by atoms with E-state index in [0.29, 0.717) is 29.4 Å². The van der Waals surface area contributed by atoms with Crippen LogP contribution in [0.5, 0.6) is 11.5 Å². The normalized spacial score (nSPS) is 13.2. The van der Waals surface area contributed by atoms with Gasteiger partial charge in [0.2, 0.25) is 0 Å². The lowest BCUT2D eigenvalue weighted by molar-refractivity contribution is 0.102. The molecule has 0 aliphatic carbocycles. The lowest BCUT2D eigenvalue weighted by Crippen LogP contribution is -2.22. The molecule has 1 fully saturated rings. The van der Waals surface area contributed by atoms with Crippen LogP contribution in [0.25, 0.3) is 0 Å². The molecule has 1 aliphatic rings. The molecule has 1 amide bonds. The van der Waals surface area contributed by atoms with Gasteiger partial charge in [0, 0.05) is 18.7 Å². The first-order valence-electron chi connectivity index (χ1n) is 10.4. The minimum atomic E-state index is -0.451. The van der Waals surface area contributed by atoms with E-state index in [0.717, 1.165) is 31.5 Å². The van der Waals surface area contributed by atoms with Gasteiger partial charge in [-0.2, -0.15) is 0 Å². The molecule has 0 aromatic heterocycles. The fourth-order valence-electron chi connectivity index (χ4n) is 3.71. The topological polar surface area (TPSA) is 50.8 Å². The van der Waals surface area contributed by atoms with Crippen LogP contribution in [-0.4, -0.2) is 26.1 Å². The Hall–Kier alpha value is -3.54. The zero-order valence-corrected chi connectivity index (χ0v) is 17.4. The fourth-order valence-corrected chi connectivity index (χ4v) is 3.71. The lowest BCUT2D eigenvalue weighted by atomic mass is 10.1. The molecule has 1 aliphatic heterocycles. The molecule has 1 saturated heterocycles. The van der Waals surface area contributed by atoms with E-state index in [4.69, 9.17) is 9.47 Å². The Morgan fingerprint density at radius 1 is 1.00 bits per heavy atom. The Labute approximate surface area is 181 Å². The molecule has 1 heterocycles. The molecular weight excluding hydrogens is 395 g/mol. The molecule has 4 rings (SSSR count). The van der Waals surface area contributed by atoms with Gasteiger partial charge in [-0.25, -0.2) is 4.39 Å². The molecule has 3 aromatic rings. The zero-order valence-electron chi connectivity index (χ0n) is 17.4. The highest BCUT2D eigenvalue weighted by Crippen LogP contribution is 2.33. The predicted molar refractivity (Wildman–Crippen MR) is 120 cm³/mol. The highest BCUT2D eigenvalue weighted by atomic mass is 19.1. The average molecular weight is 420 g/mol. The number of para-hydroxylation sites is 1. The minimum Gasteiger partial charge on any atom is -0.493 e. The van der Waals surface area contributed by atoms with Gasteiger partial charge in [-0.05, 0) is 48.7 Å². The summed E-state index contributed by atoms with van der Waals surface area (Å²) in [6.45, 7) is 2.10. The number of anilines is 2. The van der Waals surface area contributed by atoms with Gasteiger partial charge in [0.15, 0.2) is 11.5 Å². The predicted octanol–water partition coefficient (Wildman–Crippen LogP) is 5.27. The van der Waals surface area contributed by atoms with Gasteiger partial charge in [-0.1, -0.05) is 36.4 Å². The van der Waals surface area contributed by atoms with Gasteiger partial charge in [0.05, 0.1) is 12.8 Å². The first-order chi connectivity index (χ1) is 15.2. The SMILES string of the molecule is COc1cc(C(=O)Nc2c(F)cccc2N2CCCC2)ccc1OCc1ccccc1. The van der Waals surface area contributed by atoms with Crippen LogP contribution < -0.4 is 19.7 Å². The second kappa shape index (κ2) is 9.51. The number of nitrogens with one attached hydrogen (secondary N) is 1. The molecule has 3 aromatic carbocycles. The van der Waals surface area contributed by atoms with E-state index in [1.165, 1.54) is 13.2 Å². The van der Waals surface area contributed by atoms with E-state index < -0.39 is 11.7 Å². The van der Waals surface area contributed by atoms with Crippen molar-refractivity contribution in [1.82, 2.24) is 0 Å². The quantitative estimate of drug-likeness (QED) is 0.566. The van der Waals surface area contributed by atoms with Gasteiger partial charge in [-0.3, -0.25) is 4.79 Å². The molecule has 6 heteroatoms. The van der Waals surface area contributed by atoms with Crippen molar-refractivity contribution in [3.05, 3.63) is 83.7 Å². The highest BCUT2D eigenvalue weighted by molar-refractivity contribution is 6.06. The van der Waals surface area contributed by atoms with Crippen molar-refractivity contribution in [2.24, 2.45) is 0 Å². The first kappa shape index (κ1) is 20.7. The van der Waals surface area contributed by atoms with Crippen molar-refractivity contribution in [2.45, 2.75) is 19.4 Å². The third kappa shape index (κ3) is 4.79. The van der Waals surface area contributed by atoms with Crippen LogP contribution in [0.3, 0.4) is 0 Å². The Morgan fingerprint density at radius 3 is 2.52 bits per heavy atom. The second-order valence-electron chi connectivity index (χ2n) is 7.42. The van der Waals surface area contributed by atoms with E-state index >= 15 is 0 Å². The van der Waals surface area contributed by atoms with E-state index in [2.05, 4.69) is 10.2 Å². The van der Waals surface area contributed by atoms with Crippen LogP contribution >= 0.6 is 0 Å². The molecule has 5 nitrogen and oxygen atoms in total. The average Bonchev–Trinajstić information content (AvgIpc) is 3.34. The molecule has 0 bridgehead atoms. The number of rotatable bonds is 7. The number of carbonyl (C=O) groups is 1. The summed E-state index contributed by atoms with van der Waals surface area (Å²) in [5.41, 5.74) is 2.30. The summed E-state index contributed by atoms with van der Waals surface area (Å²) < 4.78 is 25.8. The standard InChI is InChI=1S/C25H25FN2O3/c1-30-23-16-19(12-13-22(23)31-17-18-8-3-2-4-9-18)25(29)27-24-20(26)10-7-11-21(24)28-14-5-6-15-28/h2-4,7-13,16H,5-6,14-15,17H2,1H3,(H,27,29). The third-order valence-corrected chi connectivity index (χ3v) is 5.34. The molecule has 0 unspecified atom stereocenters. The van der Waals surface area contributed by atoms with Crippen molar-refractivity contribution in [3.8, 4) is 11.5 Å². The summed E-state index contributed by atoms with van der Waals surface area (Å²) in [6, 6.07) is 19.6. The Morgan fingerprint density at radius 2 is 1.77 bits per heavy atom. The summed E-state index contributed by atoms with van der Waals surface area (Å²) >= 11 is 0.